The zero-order valence-corrected chi connectivity index (χ0v) is 9.12. The number of hydrogen-bond donors (Lipinski definition) is 1. The molecule has 2 aliphatic rings. The molecule has 0 radical (unpaired) electrons. The van der Waals surface area contributed by atoms with Crippen LogP contribution < -0.4 is 0 Å². The molecule has 2 saturated heterocycles. The van der Waals surface area contributed by atoms with E-state index in [-0.39, 0.29) is 0 Å². The molecular weight excluding hydrogens is 176 g/mol. The van der Waals surface area contributed by atoms with Gasteiger partial charge in [0.1, 0.15) is 0 Å². The maximum atomic E-state index is 10.4. The van der Waals surface area contributed by atoms with Crippen LogP contribution in [0.2, 0.25) is 0 Å². The van der Waals surface area contributed by atoms with Gasteiger partial charge in [-0.25, -0.2) is 0 Å². The highest BCUT2D eigenvalue weighted by Gasteiger charge is 2.42. The van der Waals surface area contributed by atoms with Crippen molar-refractivity contribution >= 4 is 0 Å². The van der Waals surface area contributed by atoms with Crippen LogP contribution in [0, 0.1) is 0 Å². The molecule has 0 amide bonds. The summed E-state index contributed by atoms with van der Waals surface area (Å²) in [5.41, 5.74) is 0.804. The van der Waals surface area contributed by atoms with Crippen LogP contribution in [-0.4, -0.2) is 22.9 Å². The zero-order valence-electron chi connectivity index (χ0n) is 9.12. The molecule has 0 aromatic carbocycles. The van der Waals surface area contributed by atoms with Crippen molar-refractivity contribution in [1.82, 2.24) is 0 Å². The van der Waals surface area contributed by atoms with Crippen LogP contribution in [0.1, 0.15) is 46.0 Å². The third kappa shape index (κ3) is 2.18. The lowest BCUT2D eigenvalue weighted by molar-refractivity contribution is -0.109. The third-order valence-corrected chi connectivity index (χ3v) is 3.30. The summed E-state index contributed by atoms with van der Waals surface area (Å²) in [5, 5.41) is 10.4. The number of aliphatic hydroxyl groups is 1. The van der Waals surface area contributed by atoms with Crippen molar-refractivity contribution in [2.45, 2.75) is 63.8 Å². The summed E-state index contributed by atoms with van der Waals surface area (Å²) in [6.07, 6.45) is 7.52. The molecular formula is C12H20O2. The highest BCUT2D eigenvalue weighted by molar-refractivity contribution is 5.02. The molecule has 2 atom stereocenters. The van der Waals surface area contributed by atoms with E-state index in [4.69, 9.17) is 4.74 Å². The predicted octanol–water partition coefficient (Wildman–Crippen LogP) is 2.42. The van der Waals surface area contributed by atoms with Gasteiger partial charge in [0, 0.05) is 12.8 Å². The largest absolute Gasteiger partial charge is 0.389 e. The Balaban J connectivity index is 1.99. The van der Waals surface area contributed by atoms with Crippen LogP contribution in [-0.2, 0) is 4.74 Å². The topological polar surface area (TPSA) is 29.5 Å². The highest BCUT2D eigenvalue weighted by Crippen LogP contribution is 2.40. The van der Waals surface area contributed by atoms with Gasteiger partial charge in [0.05, 0.1) is 17.8 Å². The second-order valence-corrected chi connectivity index (χ2v) is 5.08. The Bertz CT molecular complexity index is 229. The summed E-state index contributed by atoms with van der Waals surface area (Å²) in [4.78, 5) is 0. The van der Waals surface area contributed by atoms with Gasteiger partial charge in [-0.05, 0) is 33.1 Å². The molecule has 0 aliphatic carbocycles. The summed E-state index contributed by atoms with van der Waals surface area (Å²) < 4.78 is 5.72. The molecule has 14 heavy (non-hydrogen) atoms. The van der Waals surface area contributed by atoms with E-state index < -0.39 is 5.60 Å². The Morgan fingerprint density at radius 2 is 1.93 bits per heavy atom. The predicted molar refractivity (Wildman–Crippen MR) is 56.1 cm³/mol. The molecule has 0 aromatic heterocycles. The Morgan fingerprint density at radius 1 is 1.36 bits per heavy atom. The Kier molecular flexibility index (Phi) is 2.67. The van der Waals surface area contributed by atoms with E-state index in [9.17, 15) is 5.11 Å². The number of fused-ring (bicyclic) bond motifs is 2. The second kappa shape index (κ2) is 3.67. The third-order valence-electron chi connectivity index (χ3n) is 3.30. The summed E-state index contributed by atoms with van der Waals surface area (Å²) >= 11 is 0. The maximum Gasteiger partial charge on any atom is 0.0731 e. The molecule has 2 bridgehead atoms. The lowest BCUT2D eigenvalue weighted by Gasteiger charge is -2.35. The molecule has 80 valence electrons. The average Bonchev–Trinajstić information content (AvgIpc) is 2.43. The quantitative estimate of drug-likeness (QED) is 0.687. The van der Waals surface area contributed by atoms with Crippen molar-refractivity contribution in [2.75, 3.05) is 0 Å². The monoisotopic (exact) mass is 196 g/mol. The number of rotatable bonds is 2. The normalized spacial score (nSPS) is 41.1. The van der Waals surface area contributed by atoms with Gasteiger partial charge in [0.2, 0.25) is 0 Å². The van der Waals surface area contributed by atoms with E-state index in [1.165, 1.54) is 5.57 Å². The van der Waals surface area contributed by atoms with E-state index in [0.29, 0.717) is 12.2 Å². The van der Waals surface area contributed by atoms with Crippen LogP contribution in [0.4, 0.5) is 0 Å². The fourth-order valence-electron chi connectivity index (χ4n) is 2.57. The first-order chi connectivity index (χ1) is 6.57. The van der Waals surface area contributed by atoms with Gasteiger partial charge >= 0.3 is 0 Å². The molecule has 0 aromatic rings. The lowest BCUT2D eigenvalue weighted by Crippen LogP contribution is -2.40. The second-order valence-electron chi connectivity index (χ2n) is 5.08. The molecule has 2 heterocycles. The highest BCUT2D eigenvalue weighted by atomic mass is 16.5. The molecule has 2 aliphatic heterocycles. The van der Waals surface area contributed by atoms with E-state index in [2.05, 4.69) is 19.9 Å². The van der Waals surface area contributed by atoms with Crippen LogP contribution in [0.25, 0.3) is 0 Å². The fourth-order valence-corrected chi connectivity index (χ4v) is 2.57. The first-order valence-electron chi connectivity index (χ1n) is 5.59. The molecule has 1 N–H and O–H groups in total. The minimum absolute atomic E-state index is 0.323. The smallest absolute Gasteiger partial charge is 0.0731 e. The van der Waals surface area contributed by atoms with Crippen molar-refractivity contribution in [2.24, 2.45) is 0 Å². The molecule has 0 spiro atoms. The molecule has 2 unspecified atom stereocenters. The van der Waals surface area contributed by atoms with Crippen molar-refractivity contribution in [3.05, 3.63) is 11.6 Å². The average molecular weight is 196 g/mol. The summed E-state index contributed by atoms with van der Waals surface area (Å²) in [6, 6.07) is 0. The van der Waals surface area contributed by atoms with Crippen molar-refractivity contribution in [3.8, 4) is 0 Å². The number of hydrogen-bond acceptors (Lipinski definition) is 2. The van der Waals surface area contributed by atoms with Gasteiger partial charge in [-0.3, -0.25) is 0 Å². The number of ether oxygens (including phenoxy) is 1. The van der Waals surface area contributed by atoms with Crippen molar-refractivity contribution < 1.29 is 9.84 Å². The summed E-state index contributed by atoms with van der Waals surface area (Å²) in [6.45, 7) is 4.16. The van der Waals surface area contributed by atoms with Gasteiger partial charge in [-0.2, -0.15) is 0 Å². The van der Waals surface area contributed by atoms with Crippen LogP contribution in [0.15, 0.2) is 11.6 Å². The lowest BCUT2D eigenvalue weighted by atomic mass is 9.86. The molecule has 2 nitrogen and oxygen atoms in total. The van der Waals surface area contributed by atoms with E-state index >= 15 is 0 Å². The Morgan fingerprint density at radius 3 is 2.43 bits per heavy atom. The van der Waals surface area contributed by atoms with Crippen molar-refractivity contribution in [3.63, 3.8) is 0 Å². The zero-order chi connectivity index (χ0) is 10.2. The Hall–Kier alpha value is -0.340. The minimum atomic E-state index is -0.485. The fraction of sp³-hybridized carbons (Fsp3) is 0.833. The van der Waals surface area contributed by atoms with Gasteiger partial charge in [0.15, 0.2) is 0 Å². The molecule has 2 fully saturated rings. The van der Waals surface area contributed by atoms with E-state index in [0.717, 1.165) is 32.1 Å². The van der Waals surface area contributed by atoms with Gasteiger partial charge in [-0.15, -0.1) is 0 Å². The number of allylic oxidation sites excluding steroid dienone is 1. The minimum Gasteiger partial charge on any atom is -0.389 e. The molecule has 2 rings (SSSR count). The van der Waals surface area contributed by atoms with E-state index in [1.54, 1.807) is 0 Å². The standard InChI is InChI=1S/C12H20O2/c1-9(2)5-6-12(13)7-10-3-4-11(8-12)14-10/h5,10-11,13H,3-4,6-8H2,1-2H3. The SMILES string of the molecule is CC(C)=CCC1(O)CC2CCC(C1)O2. The summed E-state index contributed by atoms with van der Waals surface area (Å²) in [5.74, 6) is 0. The Labute approximate surface area is 86.0 Å². The van der Waals surface area contributed by atoms with Crippen molar-refractivity contribution in [1.29, 1.82) is 0 Å². The van der Waals surface area contributed by atoms with Crippen LogP contribution >= 0.6 is 0 Å². The first-order valence-corrected chi connectivity index (χ1v) is 5.59. The van der Waals surface area contributed by atoms with Gasteiger partial charge in [-0.1, -0.05) is 11.6 Å². The first kappa shape index (κ1) is 10.2. The maximum absolute atomic E-state index is 10.4. The molecule has 0 saturated carbocycles. The van der Waals surface area contributed by atoms with Gasteiger partial charge in [0.25, 0.3) is 0 Å². The van der Waals surface area contributed by atoms with Crippen LogP contribution in [0.3, 0.4) is 0 Å². The van der Waals surface area contributed by atoms with Crippen LogP contribution in [0.5, 0.6) is 0 Å². The van der Waals surface area contributed by atoms with E-state index in [1.807, 2.05) is 0 Å². The molecule has 2 heteroatoms. The van der Waals surface area contributed by atoms with Gasteiger partial charge < -0.3 is 9.84 Å². The summed E-state index contributed by atoms with van der Waals surface area (Å²) in [7, 11) is 0.